The molecule has 7 nitrogen and oxygen atoms in total. The molecule has 1 saturated heterocycles. The maximum absolute atomic E-state index is 12.0. The van der Waals surface area contributed by atoms with Crippen LogP contribution in [0, 0.1) is 0 Å². The number of hydrogen-bond acceptors (Lipinski definition) is 4. The lowest BCUT2D eigenvalue weighted by molar-refractivity contribution is -0.120. The zero-order valence-corrected chi connectivity index (χ0v) is 14.9. The molecule has 2 rings (SSSR count). The molecule has 0 radical (unpaired) electrons. The number of nitrogens with one attached hydrogen (secondary N) is 2. The third-order valence-electron chi connectivity index (χ3n) is 3.33. The van der Waals surface area contributed by atoms with Gasteiger partial charge in [0, 0.05) is 24.9 Å². The van der Waals surface area contributed by atoms with Gasteiger partial charge >= 0.3 is 5.69 Å². The van der Waals surface area contributed by atoms with E-state index in [2.05, 4.69) is 42.2 Å². The van der Waals surface area contributed by atoms with Gasteiger partial charge in [-0.05, 0) is 11.1 Å². The van der Waals surface area contributed by atoms with E-state index in [-0.39, 0.29) is 18.1 Å². The molecular weight excluding hydrogens is 422 g/mol. The molecular formula is C13H15Br2N3O4. The molecule has 120 valence electrons. The zero-order valence-electron chi connectivity index (χ0n) is 11.7. The van der Waals surface area contributed by atoms with Gasteiger partial charge in [0.2, 0.25) is 5.91 Å². The molecule has 0 bridgehead atoms. The lowest BCUT2D eigenvalue weighted by Crippen LogP contribution is -2.39. The van der Waals surface area contributed by atoms with Crippen molar-refractivity contribution in [2.75, 3.05) is 5.33 Å². The van der Waals surface area contributed by atoms with E-state index >= 15 is 0 Å². The van der Waals surface area contributed by atoms with Crippen molar-refractivity contribution >= 4 is 43.8 Å². The van der Waals surface area contributed by atoms with Crippen molar-refractivity contribution in [3.8, 4) is 0 Å². The van der Waals surface area contributed by atoms with Crippen molar-refractivity contribution in [2.45, 2.75) is 31.7 Å². The summed E-state index contributed by atoms with van der Waals surface area (Å²) in [6, 6.07) is -0.198. The van der Waals surface area contributed by atoms with Crippen LogP contribution in [-0.2, 0) is 9.53 Å². The number of hydrogen-bond donors (Lipinski definition) is 2. The number of ether oxygens (including phenoxy) is 1. The Morgan fingerprint density at radius 1 is 1.59 bits per heavy atom. The van der Waals surface area contributed by atoms with Gasteiger partial charge in [0.05, 0.1) is 17.7 Å². The molecule has 1 fully saturated rings. The summed E-state index contributed by atoms with van der Waals surface area (Å²) in [4.78, 5) is 38.7. The molecule has 2 heterocycles. The van der Waals surface area contributed by atoms with Crippen molar-refractivity contribution in [1.82, 2.24) is 14.9 Å². The molecule has 0 aliphatic carbocycles. The van der Waals surface area contributed by atoms with Gasteiger partial charge in [-0.25, -0.2) is 4.79 Å². The molecule has 1 amide bonds. The highest BCUT2D eigenvalue weighted by atomic mass is 79.9. The number of rotatable bonds is 4. The van der Waals surface area contributed by atoms with Crippen LogP contribution in [0.15, 0.2) is 20.8 Å². The average molecular weight is 437 g/mol. The zero-order chi connectivity index (χ0) is 16.3. The fraction of sp³-hybridized carbons (Fsp3) is 0.462. The SMILES string of the molecule is CC(=O)NC1C[C@@H](n2cc(/C=C/Br)c(=O)[nH]c2=O)O[C@H]1CBr. The second kappa shape index (κ2) is 7.38. The number of alkyl halides is 1. The number of carbonyl (C=O) groups is 1. The highest BCUT2D eigenvalue weighted by Gasteiger charge is 2.36. The van der Waals surface area contributed by atoms with Gasteiger partial charge in [-0.1, -0.05) is 31.9 Å². The molecule has 1 aliphatic rings. The van der Waals surface area contributed by atoms with Gasteiger partial charge in [-0.15, -0.1) is 0 Å². The highest BCUT2D eigenvalue weighted by Crippen LogP contribution is 2.28. The smallest absolute Gasteiger partial charge is 0.330 e. The molecule has 0 aromatic carbocycles. The maximum Gasteiger partial charge on any atom is 0.330 e. The minimum atomic E-state index is -0.550. The predicted molar refractivity (Wildman–Crippen MR) is 89.2 cm³/mol. The molecule has 0 saturated carbocycles. The maximum atomic E-state index is 12.0. The Morgan fingerprint density at radius 3 is 2.91 bits per heavy atom. The summed E-state index contributed by atoms with van der Waals surface area (Å²) in [5.74, 6) is -0.156. The lowest BCUT2D eigenvalue weighted by atomic mass is 10.1. The Labute approximate surface area is 143 Å². The molecule has 2 N–H and O–H groups in total. The summed E-state index contributed by atoms with van der Waals surface area (Å²) >= 11 is 6.44. The van der Waals surface area contributed by atoms with Crippen LogP contribution in [0.3, 0.4) is 0 Å². The van der Waals surface area contributed by atoms with E-state index in [9.17, 15) is 14.4 Å². The van der Waals surface area contributed by atoms with Gasteiger partial charge in [-0.3, -0.25) is 19.1 Å². The van der Waals surface area contributed by atoms with Crippen LogP contribution >= 0.6 is 31.9 Å². The van der Waals surface area contributed by atoms with Crippen molar-refractivity contribution in [1.29, 1.82) is 0 Å². The van der Waals surface area contributed by atoms with E-state index in [1.165, 1.54) is 28.7 Å². The lowest BCUT2D eigenvalue weighted by Gasteiger charge is -2.16. The summed E-state index contributed by atoms with van der Waals surface area (Å²) in [5, 5.41) is 3.34. The number of halogens is 2. The Balaban J connectivity index is 2.32. The van der Waals surface area contributed by atoms with Crippen molar-refractivity contribution < 1.29 is 9.53 Å². The van der Waals surface area contributed by atoms with E-state index in [0.29, 0.717) is 17.3 Å². The monoisotopic (exact) mass is 435 g/mol. The van der Waals surface area contributed by atoms with E-state index in [1.54, 1.807) is 0 Å². The Morgan fingerprint density at radius 2 is 2.32 bits per heavy atom. The van der Waals surface area contributed by atoms with Crippen LogP contribution in [0.2, 0.25) is 0 Å². The number of H-pyrrole nitrogens is 1. The third kappa shape index (κ3) is 3.76. The van der Waals surface area contributed by atoms with Crippen LogP contribution in [0.5, 0.6) is 0 Å². The first kappa shape index (κ1) is 17.2. The molecule has 3 atom stereocenters. The number of carbonyl (C=O) groups excluding carboxylic acids is 1. The topological polar surface area (TPSA) is 93.2 Å². The normalized spacial score (nSPS) is 24.8. The van der Waals surface area contributed by atoms with E-state index < -0.39 is 17.5 Å². The first-order chi connectivity index (χ1) is 10.5. The standard InChI is InChI=1S/C13H15Br2N3O4/c1-7(19)16-9-4-11(22-10(9)5-15)18-6-8(2-3-14)12(20)17-13(18)21/h2-3,6,9-11H,4-5H2,1H3,(H,16,19)(H,17,20,21)/b3-2+/t9?,10-,11-/m0/s1. The van der Waals surface area contributed by atoms with Crippen LogP contribution in [0.1, 0.15) is 25.1 Å². The van der Waals surface area contributed by atoms with Gasteiger partial charge in [0.25, 0.3) is 5.56 Å². The van der Waals surface area contributed by atoms with Gasteiger partial charge < -0.3 is 10.1 Å². The van der Waals surface area contributed by atoms with Crippen molar-refractivity contribution in [3.63, 3.8) is 0 Å². The number of aromatic amines is 1. The quantitative estimate of drug-likeness (QED) is 0.691. The minimum Gasteiger partial charge on any atom is -0.352 e. The minimum absolute atomic E-state index is 0.156. The number of amides is 1. The summed E-state index contributed by atoms with van der Waals surface area (Å²) in [7, 11) is 0. The molecule has 22 heavy (non-hydrogen) atoms. The van der Waals surface area contributed by atoms with Crippen molar-refractivity contribution in [3.05, 3.63) is 37.6 Å². The third-order valence-corrected chi connectivity index (χ3v) is 4.23. The van der Waals surface area contributed by atoms with Gasteiger partial charge in [0.15, 0.2) is 0 Å². The van der Waals surface area contributed by atoms with Crippen LogP contribution in [0.4, 0.5) is 0 Å². The summed E-state index contributed by atoms with van der Waals surface area (Å²) in [5.41, 5.74) is -0.678. The van der Waals surface area contributed by atoms with Crippen LogP contribution in [-0.4, -0.2) is 32.9 Å². The fourth-order valence-electron chi connectivity index (χ4n) is 2.36. The Bertz CT molecular complexity index is 697. The number of aromatic nitrogens is 2. The molecule has 1 aromatic rings. The van der Waals surface area contributed by atoms with E-state index in [1.807, 2.05) is 0 Å². The van der Waals surface area contributed by atoms with Gasteiger partial charge in [0.1, 0.15) is 6.23 Å². The second-order valence-electron chi connectivity index (χ2n) is 4.87. The summed E-state index contributed by atoms with van der Waals surface area (Å²) < 4.78 is 7.14. The van der Waals surface area contributed by atoms with Crippen LogP contribution < -0.4 is 16.6 Å². The van der Waals surface area contributed by atoms with E-state index in [4.69, 9.17) is 4.74 Å². The predicted octanol–water partition coefficient (Wildman–Crippen LogP) is 1.09. The Kier molecular flexibility index (Phi) is 5.76. The molecule has 1 unspecified atom stereocenters. The molecule has 1 aromatic heterocycles. The second-order valence-corrected chi connectivity index (χ2v) is 6.05. The Hall–Kier alpha value is -1.19. The first-order valence-corrected chi connectivity index (χ1v) is 8.60. The highest BCUT2D eigenvalue weighted by molar-refractivity contribution is 9.11. The number of nitrogens with zero attached hydrogens (tertiary/aromatic N) is 1. The fourth-order valence-corrected chi connectivity index (χ4v) is 3.25. The van der Waals surface area contributed by atoms with Gasteiger partial charge in [-0.2, -0.15) is 0 Å². The summed E-state index contributed by atoms with van der Waals surface area (Å²) in [6.45, 7) is 1.43. The molecule has 0 spiro atoms. The van der Waals surface area contributed by atoms with Crippen molar-refractivity contribution in [2.24, 2.45) is 0 Å². The van der Waals surface area contributed by atoms with Crippen LogP contribution in [0.25, 0.3) is 6.08 Å². The summed E-state index contributed by atoms with van der Waals surface area (Å²) in [6.07, 6.45) is 2.63. The first-order valence-electron chi connectivity index (χ1n) is 6.57. The molecule has 9 heteroatoms. The van der Waals surface area contributed by atoms with E-state index in [0.717, 1.165) is 0 Å². The average Bonchev–Trinajstić information content (AvgIpc) is 2.83. The largest absolute Gasteiger partial charge is 0.352 e. The molecule has 1 aliphatic heterocycles.